The largest absolute Gasteiger partial charge is 0.488 e. The lowest BCUT2D eigenvalue weighted by Crippen LogP contribution is -2.44. The standard InChI is InChI=1S/C29H31NO5/c1-18(19-13-15-20(16-14-19)35-29(2,3)4)26(27(31)32)30-28(33)34-17-25-23-11-7-5-9-21(23)22-10-6-8-12-24(22)25/h5-16,18,25-26H,17H2,1-4H3,(H,30,33)(H,31,32)/t18-,26+/m1/s1. The Balaban J connectivity index is 1.42. The molecule has 0 bridgehead atoms. The second kappa shape index (κ2) is 9.82. The number of carbonyl (C=O) groups excluding carboxylic acids is 1. The van der Waals surface area contributed by atoms with Crippen LogP contribution in [0.4, 0.5) is 4.79 Å². The van der Waals surface area contributed by atoms with Crippen molar-refractivity contribution in [2.75, 3.05) is 6.61 Å². The van der Waals surface area contributed by atoms with Crippen LogP contribution in [0.2, 0.25) is 0 Å². The summed E-state index contributed by atoms with van der Waals surface area (Å²) in [5, 5.41) is 12.4. The first-order chi connectivity index (χ1) is 16.6. The van der Waals surface area contributed by atoms with Crippen molar-refractivity contribution in [3.05, 3.63) is 89.5 Å². The molecule has 35 heavy (non-hydrogen) atoms. The highest BCUT2D eigenvalue weighted by atomic mass is 16.5. The number of fused-ring (bicyclic) bond motifs is 3. The second-order valence-corrected chi connectivity index (χ2v) is 9.86. The fraction of sp³-hybridized carbons (Fsp3) is 0.310. The minimum Gasteiger partial charge on any atom is -0.488 e. The molecule has 4 rings (SSSR count). The SMILES string of the molecule is C[C@H](c1ccc(OC(C)(C)C)cc1)[C@H](NC(=O)OCC1c2ccccc2-c2ccccc21)C(=O)O. The smallest absolute Gasteiger partial charge is 0.407 e. The van der Waals surface area contributed by atoms with E-state index in [1.54, 1.807) is 6.92 Å². The molecule has 1 aliphatic rings. The Kier molecular flexibility index (Phi) is 6.83. The minimum absolute atomic E-state index is 0.0933. The summed E-state index contributed by atoms with van der Waals surface area (Å²) in [5.41, 5.74) is 4.91. The molecule has 0 fully saturated rings. The Morgan fingerprint density at radius 3 is 1.97 bits per heavy atom. The number of benzene rings is 3. The van der Waals surface area contributed by atoms with Gasteiger partial charge in [-0.15, -0.1) is 0 Å². The summed E-state index contributed by atoms with van der Waals surface area (Å²) < 4.78 is 11.4. The van der Waals surface area contributed by atoms with Gasteiger partial charge in [0.15, 0.2) is 0 Å². The number of amides is 1. The number of carboxylic acid groups (broad SMARTS) is 1. The highest BCUT2D eigenvalue weighted by Gasteiger charge is 2.31. The lowest BCUT2D eigenvalue weighted by molar-refractivity contribution is -0.139. The predicted octanol–water partition coefficient (Wildman–Crippen LogP) is 5.96. The number of hydrogen-bond donors (Lipinski definition) is 2. The van der Waals surface area contributed by atoms with Crippen LogP contribution in [0.25, 0.3) is 11.1 Å². The van der Waals surface area contributed by atoms with Crippen LogP contribution in [-0.4, -0.2) is 35.4 Å². The summed E-state index contributed by atoms with van der Waals surface area (Å²) in [4.78, 5) is 24.7. The molecule has 0 saturated heterocycles. The van der Waals surface area contributed by atoms with E-state index in [-0.39, 0.29) is 18.1 Å². The molecular weight excluding hydrogens is 442 g/mol. The number of aliphatic carboxylic acids is 1. The Labute approximate surface area is 205 Å². The van der Waals surface area contributed by atoms with Crippen molar-refractivity contribution < 1.29 is 24.2 Å². The zero-order valence-corrected chi connectivity index (χ0v) is 20.4. The molecule has 0 aromatic heterocycles. The Morgan fingerprint density at radius 2 is 1.46 bits per heavy atom. The number of carbonyl (C=O) groups is 2. The Bertz CT molecular complexity index is 1170. The van der Waals surface area contributed by atoms with Gasteiger partial charge in [0.2, 0.25) is 0 Å². The van der Waals surface area contributed by atoms with Crippen LogP contribution in [0.1, 0.15) is 56.2 Å². The molecule has 0 heterocycles. The normalized spacial score (nSPS) is 14.4. The highest BCUT2D eigenvalue weighted by molar-refractivity contribution is 5.82. The van der Waals surface area contributed by atoms with Gasteiger partial charge < -0.3 is 19.9 Å². The van der Waals surface area contributed by atoms with Gasteiger partial charge in [0, 0.05) is 11.8 Å². The monoisotopic (exact) mass is 473 g/mol. The van der Waals surface area contributed by atoms with E-state index in [0.717, 1.165) is 27.8 Å². The van der Waals surface area contributed by atoms with Gasteiger partial charge in [0.25, 0.3) is 0 Å². The van der Waals surface area contributed by atoms with E-state index in [1.165, 1.54) is 0 Å². The second-order valence-electron chi connectivity index (χ2n) is 9.86. The molecule has 3 aromatic carbocycles. The summed E-state index contributed by atoms with van der Waals surface area (Å²) in [6, 6.07) is 22.2. The molecule has 182 valence electrons. The zero-order valence-electron chi connectivity index (χ0n) is 20.4. The first kappa shape index (κ1) is 24.3. The Morgan fingerprint density at radius 1 is 0.914 bits per heavy atom. The van der Waals surface area contributed by atoms with E-state index in [1.807, 2.05) is 81.4 Å². The molecule has 3 aromatic rings. The van der Waals surface area contributed by atoms with Crippen molar-refractivity contribution in [1.82, 2.24) is 5.32 Å². The zero-order chi connectivity index (χ0) is 25.2. The molecule has 0 saturated carbocycles. The molecule has 6 heteroatoms. The third-order valence-corrected chi connectivity index (χ3v) is 6.21. The molecule has 0 radical (unpaired) electrons. The number of nitrogens with one attached hydrogen (secondary N) is 1. The van der Waals surface area contributed by atoms with Crippen LogP contribution >= 0.6 is 0 Å². The third-order valence-electron chi connectivity index (χ3n) is 6.21. The molecule has 2 N–H and O–H groups in total. The Hall–Kier alpha value is -3.80. The van der Waals surface area contributed by atoms with Crippen LogP contribution in [0, 0.1) is 0 Å². The number of hydrogen-bond acceptors (Lipinski definition) is 4. The van der Waals surface area contributed by atoms with Crippen LogP contribution in [-0.2, 0) is 9.53 Å². The quantitative estimate of drug-likeness (QED) is 0.442. The maximum absolute atomic E-state index is 12.7. The van der Waals surface area contributed by atoms with Crippen molar-refractivity contribution >= 4 is 12.1 Å². The van der Waals surface area contributed by atoms with E-state index in [2.05, 4.69) is 17.4 Å². The molecule has 1 amide bonds. The fourth-order valence-electron chi connectivity index (χ4n) is 4.55. The minimum atomic E-state index is -1.14. The van der Waals surface area contributed by atoms with Crippen molar-refractivity contribution in [3.63, 3.8) is 0 Å². The topological polar surface area (TPSA) is 84.9 Å². The van der Waals surface area contributed by atoms with E-state index < -0.39 is 24.0 Å². The van der Waals surface area contributed by atoms with Crippen molar-refractivity contribution in [3.8, 4) is 16.9 Å². The van der Waals surface area contributed by atoms with E-state index in [9.17, 15) is 14.7 Å². The molecule has 0 aliphatic heterocycles. The molecule has 6 nitrogen and oxygen atoms in total. The maximum Gasteiger partial charge on any atom is 0.407 e. The lowest BCUT2D eigenvalue weighted by Gasteiger charge is -2.24. The van der Waals surface area contributed by atoms with Crippen molar-refractivity contribution in [2.24, 2.45) is 0 Å². The molecule has 2 atom stereocenters. The molecule has 1 aliphatic carbocycles. The van der Waals surface area contributed by atoms with E-state index in [4.69, 9.17) is 9.47 Å². The van der Waals surface area contributed by atoms with Crippen LogP contribution in [0.5, 0.6) is 5.75 Å². The summed E-state index contributed by atoms with van der Waals surface area (Å²) in [7, 11) is 0. The number of rotatable bonds is 7. The average molecular weight is 474 g/mol. The van der Waals surface area contributed by atoms with Gasteiger partial charge in [-0.05, 0) is 60.7 Å². The maximum atomic E-state index is 12.7. The van der Waals surface area contributed by atoms with E-state index >= 15 is 0 Å². The van der Waals surface area contributed by atoms with Gasteiger partial charge in [-0.1, -0.05) is 67.6 Å². The highest BCUT2D eigenvalue weighted by Crippen LogP contribution is 2.44. The van der Waals surface area contributed by atoms with Gasteiger partial charge in [-0.2, -0.15) is 0 Å². The summed E-state index contributed by atoms with van der Waals surface area (Å²) in [5.74, 6) is -0.994. The summed E-state index contributed by atoms with van der Waals surface area (Å²) >= 11 is 0. The average Bonchev–Trinajstić information content (AvgIpc) is 3.14. The van der Waals surface area contributed by atoms with Gasteiger partial charge in [-0.3, -0.25) is 0 Å². The first-order valence-electron chi connectivity index (χ1n) is 11.8. The van der Waals surface area contributed by atoms with Crippen LogP contribution in [0.15, 0.2) is 72.8 Å². The summed E-state index contributed by atoms with van der Waals surface area (Å²) in [6.45, 7) is 7.77. The fourth-order valence-corrected chi connectivity index (χ4v) is 4.55. The van der Waals surface area contributed by atoms with Gasteiger partial charge >= 0.3 is 12.1 Å². The predicted molar refractivity (Wildman–Crippen MR) is 135 cm³/mol. The molecule has 0 spiro atoms. The van der Waals surface area contributed by atoms with Gasteiger partial charge in [0.1, 0.15) is 24.0 Å². The number of ether oxygens (including phenoxy) is 2. The lowest BCUT2D eigenvalue weighted by atomic mass is 9.93. The first-order valence-corrected chi connectivity index (χ1v) is 11.8. The molecule has 0 unspecified atom stereocenters. The van der Waals surface area contributed by atoms with Crippen molar-refractivity contribution in [1.29, 1.82) is 0 Å². The number of carboxylic acids is 1. The number of alkyl carbamates (subject to hydrolysis) is 1. The van der Waals surface area contributed by atoms with Crippen molar-refractivity contribution in [2.45, 2.75) is 51.2 Å². The van der Waals surface area contributed by atoms with E-state index in [0.29, 0.717) is 5.75 Å². The van der Waals surface area contributed by atoms with Gasteiger partial charge in [0.05, 0.1) is 0 Å². The third kappa shape index (κ3) is 5.48. The van der Waals surface area contributed by atoms with Crippen LogP contribution in [0.3, 0.4) is 0 Å². The summed E-state index contributed by atoms with van der Waals surface area (Å²) in [6.07, 6.45) is -0.751. The van der Waals surface area contributed by atoms with Crippen LogP contribution < -0.4 is 10.1 Å². The van der Waals surface area contributed by atoms with Gasteiger partial charge in [-0.25, -0.2) is 9.59 Å². The molecular formula is C29H31NO5.